The molecule has 0 spiro atoms. The normalized spacial score (nSPS) is 12.6. The maximum absolute atomic E-state index is 6.56. The van der Waals surface area contributed by atoms with Crippen molar-refractivity contribution in [3.05, 3.63) is 146 Å². The van der Waals surface area contributed by atoms with Gasteiger partial charge in [0.25, 0.3) is 0 Å². The molecule has 5 aromatic heterocycles. The molecule has 0 aliphatic carbocycles. The highest BCUT2D eigenvalue weighted by Crippen LogP contribution is 2.48. The van der Waals surface area contributed by atoms with Gasteiger partial charge in [-0.2, -0.15) is 0 Å². The van der Waals surface area contributed by atoms with Crippen molar-refractivity contribution < 1.29 is 4.42 Å². The van der Waals surface area contributed by atoms with Crippen LogP contribution in [-0.4, -0.2) is 18.5 Å². The first-order valence-electron chi connectivity index (χ1n) is 16.3. The number of hydrogen-bond acceptors (Lipinski definition) is 2. The third-order valence-corrected chi connectivity index (χ3v) is 10.4. The van der Waals surface area contributed by atoms with Crippen molar-refractivity contribution in [3.63, 3.8) is 0 Å². The Balaban J connectivity index is 1.16. The topological polar surface area (TPSA) is 40.3 Å². The fourth-order valence-electron chi connectivity index (χ4n) is 8.46. The van der Waals surface area contributed by atoms with Gasteiger partial charge in [-0.3, -0.25) is 4.57 Å². The van der Waals surface area contributed by atoms with Gasteiger partial charge in [-0.15, -0.1) is 0 Å². The molecule has 0 fully saturated rings. The molecule has 0 atom stereocenters. The fraction of sp³-hybridized carbons (Fsp3) is 0. The molecule has 5 heterocycles. The van der Waals surface area contributed by atoms with E-state index in [1.165, 1.54) is 59.9 Å². The van der Waals surface area contributed by atoms with Gasteiger partial charge in [0.1, 0.15) is 17.0 Å². The Labute approximate surface area is 272 Å². The molecule has 0 N–H and O–H groups in total. The van der Waals surface area contributed by atoms with Crippen molar-refractivity contribution >= 4 is 82.1 Å². The lowest BCUT2D eigenvalue weighted by Crippen LogP contribution is -1.98. The molecule has 0 aliphatic rings. The maximum atomic E-state index is 6.56. The Morgan fingerprint density at radius 1 is 0.417 bits per heavy atom. The van der Waals surface area contributed by atoms with E-state index in [1.54, 1.807) is 0 Å². The molecule has 48 heavy (non-hydrogen) atoms. The van der Waals surface area contributed by atoms with Gasteiger partial charge in [-0.05, 0) is 91.0 Å². The highest BCUT2D eigenvalue weighted by molar-refractivity contribution is 6.37. The third-order valence-electron chi connectivity index (χ3n) is 10.4. The summed E-state index contributed by atoms with van der Waals surface area (Å²) in [5.41, 5.74) is 13.2. The van der Waals surface area contributed by atoms with Gasteiger partial charge in [0.15, 0.2) is 0 Å². The number of nitrogens with zero attached hydrogens (tertiary/aromatic N) is 4. The smallest absolute Gasteiger partial charge is 0.145 e. The van der Waals surface area contributed by atoms with Crippen LogP contribution >= 0.6 is 0 Å². The minimum atomic E-state index is 0.924. The molecule has 12 rings (SSSR count). The third kappa shape index (κ3) is 2.91. The van der Waals surface area contributed by atoms with Gasteiger partial charge >= 0.3 is 0 Å². The first-order valence-corrected chi connectivity index (χ1v) is 16.3. The summed E-state index contributed by atoms with van der Waals surface area (Å²) in [6.07, 6.45) is 0. The van der Waals surface area contributed by atoms with E-state index in [0.29, 0.717) is 0 Å². The molecule has 0 saturated carbocycles. The van der Waals surface area contributed by atoms with Crippen LogP contribution in [0.1, 0.15) is 0 Å². The molecule has 0 radical (unpaired) electrons. The van der Waals surface area contributed by atoms with Crippen LogP contribution in [0.5, 0.6) is 0 Å². The van der Waals surface area contributed by atoms with Crippen LogP contribution < -0.4 is 0 Å². The number of hydrogen-bond donors (Lipinski definition) is 0. The van der Waals surface area contributed by atoms with Crippen molar-refractivity contribution in [1.29, 1.82) is 0 Å². The summed E-state index contributed by atoms with van der Waals surface area (Å²) in [6.45, 7) is 0. The molecule has 5 heteroatoms. The number of aromatic nitrogens is 4. The number of para-hydroxylation sites is 4. The summed E-state index contributed by atoms with van der Waals surface area (Å²) >= 11 is 0. The molecule has 5 nitrogen and oxygen atoms in total. The Morgan fingerprint density at radius 3 is 2.00 bits per heavy atom. The minimum absolute atomic E-state index is 0.924. The van der Waals surface area contributed by atoms with Crippen LogP contribution in [0.25, 0.3) is 105 Å². The zero-order chi connectivity index (χ0) is 31.1. The van der Waals surface area contributed by atoms with Crippen molar-refractivity contribution in [2.75, 3.05) is 0 Å². The molecule has 0 unspecified atom stereocenters. The van der Waals surface area contributed by atoms with E-state index in [0.717, 1.165) is 45.0 Å². The zero-order valence-electron chi connectivity index (χ0n) is 25.6. The van der Waals surface area contributed by atoms with E-state index >= 15 is 0 Å². The Bertz CT molecular complexity index is 3210. The summed E-state index contributed by atoms with van der Waals surface area (Å²) in [7, 11) is 0. The number of fused-ring (bicyclic) bond motifs is 5. The lowest BCUT2D eigenvalue weighted by Gasteiger charge is -2.12. The van der Waals surface area contributed by atoms with Gasteiger partial charge in [0.2, 0.25) is 0 Å². The van der Waals surface area contributed by atoms with E-state index in [4.69, 9.17) is 9.40 Å². The Hall–Kier alpha value is -6.59. The second-order valence-corrected chi connectivity index (χ2v) is 12.8. The molecule has 0 saturated heterocycles. The zero-order valence-corrected chi connectivity index (χ0v) is 25.6. The maximum Gasteiger partial charge on any atom is 0.145 e. The van der Waals surface area contributed by atoms with Gasteiger partial charge in [0.05, 0.1) is 44.0 Å². The average Bonchev–Trinajstić information content (AvgIpc) is 3.87. The molecule has 0 bridgehead atoms. The summed E-state index contributed by atoms with van der Waals surface area (Å²) < 4.78 is 13.7. The fourth-order valence-corrected chi connectivity index (χ4v) is 8.46. The predicted molar refractivity (Wildman–Crippen MR) is 196 cm³/mol. The number of furan rings is 1. The largest absolute Gasteiger partial charge is 0.456 e. The average molecular weight is 613 g/mol. The van der Waals surface area contributed by atoms with Gasteiger partial charge in [0, 0.05) is 43.9 Å². The molecule has 0 amide bonds. The van der Waals surface area contributed by atoms with Crippen molar-refractivity contribution in [1.82, 2.24) is 18.5 Å². The van der Waals surface area contributed by atoms with E-state index < -0.39 is 0 Å². The van der Waals surface area contributed by atoms with E-state index in [1.807, 2.05) is 6.07 Å². The van der Waals surface area contributed by atoms with Gasteiger partial charge in [-0.25, -0.2) is 4.98 Å². The van der Waals surface area contributed by atoms with Crippen LogP contribution in [0.4, 0.5) is 0 Å². The monoisotopic (exact) mass is 612 g/mol. The van der Waals surface area contributed by atoms with Crippen molar-refractivity contribution in [2.24, 2.45) is 0 Å². The van der Waals surface area contributed by atoms with Gasteiger partial charge < -0.3 is 13.4 Å². The standard InChI is InChI=1S/C43H24N4O/c1-2-9-26(10-3-1)46-32-14-7-5-12-30(32)44-43(46)25-17-19-27(20-18-25)45-33-15-8-16-34-38(33)39-35(45)22-24-36-40(39)41-37(48-36)23-21-29-28-11-4-6-13-31(28)47(34)42(29)41/h1-24H. The predicted octanol–water partition coefficient (Wildman–Crippen LogP) is 11.1. The Morgan fingerprint density at radius 2 is 1.10 bits per heavy atom. The van der Waals surface area contributed by atoms with Crippen LogP contribution in [-0.2, 0) is 0 Å². The van der Waals surface area contributed by atoms with E-state index in [9.17, 15) is 0 Å². The Kier molecular flexibility index (Phi) is 4.41. The van der Waals surface area contributed by atoms with Crippen molar-refractivity contribution in [2.45, 2.75) is 0 Å². The van der Waals surface area contributed by atoms with Crippen LogP contribution in [0, 0.1) is 0 Å². The molecular weight excluding hydrogens is 589 g/mol. The lowest BCUT2D eigenvalue weighted by atomic mass is 10.0. The highest BCUT2D eigenvalue weighted by atomic mass is 16.3. The van der Waals surface area contributed by atoms with E-state index in [2.05, 4.69) is 153 Å². The number of rotatable bonds is 3. The summed E-state index contributed by atoms with van der Waals surface area (Å²) in [5.74, 6) is 0.926. The van der Waals surface area contributed by atoms with Crippen molar-refractivity contribution in [3.8, 4) is 22.8 Å². The van der Waals surface area contributed by atoms with Crippen LogP contribution in [0.15, 0.2) is 150 Å². The van der Waals surface area contributed by atoms with E-state index in [-0.39, 0.29) is 0 Å². The lowest BCUT2D eigenvalue weighted by molar-refractivity contribution is 0.669. The summed E-state index contributed by atoms with van der Waals surface area (Å²) in [5, 5.41) is 7.38. The number of imidazole rings is 1. The second kappa shape index (κ2) is 8.60. The molecule has 12 aromatic rings. The summed E-state index contributed by atoms with van der Waals surface area (Å²) in [4.78, 5) is 5.11. The molecule has 0 aliphatic heterocycles. The highest BCUT2D eigenvalue weighted by Gasteiger charge is 2.26. The first-order chi connectivity index (χ1) is 23.8. The molecule has 222 valence electrons. The number of benzene rings is 7. The first kappa shape index (κ1) is 24.6. The second-order valence-electron chi connectivity index (χ2n) is 12.8. The van der Waals surface area contributed by atoms with Crippen LogP contribution in [0.2, 0.25) is 0 Å². The van der Waals surface area contributed by atoms with Crippen LogP contribution in [0.3, 0.4) is 0 Å². The van der Waals surface area contributed by atoms with Gasteiger partial charge in [-0.1, -0.05) is 54.6 Å². The quantitative estimate of drug-likeness (QED) is 0.199. The molecule has 7 aromatic carbocycles. The SMILES string of the molecule is c1ccc(-n2c(-c3ccc(-n4c5ccc6oc7ccc8c9ccccc9n9c%10cccc4c%10c5c6c7c89)cc3)nc3ccccc32)cc1. The molecular formula is C43H24N4O. The minimum Gasteiger partial charge on any atom is -0.456 e. The summed E-state index contributed by atoms with van der Waals surface area (Å²) in [6, 6.07) is 51.9.